The molecule has 0 bridgehead atoms. The van der Waals surface area contributed by atoms with Gasteiger partial charge < -0.3 is 25.0 Å². The van der Waals surface area contributed by atoms with E-state index in [4.69, 9.17) is 4.98 Å². The van der Waals surface area contributed by atoms with Crippen LogP contribution in [0.4, 0.5) is 17.2 Å². The average Bonchev–Trinajstić information content (AvgIpc) is 3.83. The van der Waals surface area contributed by atoms with Gasteiger partial charge >= 0.3 is 0 Å². The van der Waals surface area contributed by atoms with Gasteiger partial charge in [-0.3, -0.25) is 34.2 Å². The van der Waals surface area contributed by atoms with Crippen LogP contribution >= 0.6 is 0 Å². The SMILES string of the molecule is O=C1CCC(N2C(=O)c3cccc(N4CCC5(CC4)CC(N4CCC(c6ccc(Nc7ncnc8c7ncn8C7CC(NC(=O)Cc8ccccc8)C7)cc6)CC4)C5)c3C2=O)C(=O)N1. The quantitative estimate of drug-likeness (QED) is 0.148. The number of piperidine rings is 3. The van der Waals surface area contributed by atoms with E-state index in [1.54, 1.807) is 12.4 Å². The normalized spacial score (nSPS) is 23.8. The van der Waals surface area contributed by atoms with Crippen LogP contribution in [0.15, 0.2) is 85.5 Å². The Morgan fingerprint density at radius 2 is 1.56 bits per heavy atom. The number of amides is 5. The van der Waals surface area contributed by atoms with E-state index >= 15 is 0 Å². The number of benzene rings is 3. The van der Waals surface area contributed by atoms with Crippen molar-refractivity contribution >= 4 is 57.9 Å². The molecule has 15 nitrogen and oxygen atoms in total. The van der Waals surface area contributed by atoms with Gasteiger partial charge in [0.25, 0.3) is 11.8 Å². The maximum atomic E-state index is 13.7. The van der Waals surface area contributed by atoms with Crippen molar-refractivity contribution in [2.45, 2.75) is 101 Å². The Morgan fingerprint density at radius 3 is 2.31 bits per heavy atom. The predicted octanol–water partition coefficient (Wildman–Crippen LogP) is 5.66. The van der Waals surface area contributed by atoms with Crippen molar-refractivity contribution in [2.24, 2.45) is 5.41 Å². The Balaban J connectivity index is 0.644. The molecule has 5 aromatic rings. The van der Waals surface area contributed by atoms with Gasteiger partial charge in [-0.2, -0.15) is 0 Å². The lowest BCUT2D eigenvalue weighted by Gasteiger charge is -2.56. The van der Waals surface area contributed by atoms with Gasteiger partial charge in [-0.25, -0.2) is 15.0 Å². The van der Waals surface area contributed by atoms with Crippen LogP contribution < -0.4 is 20.9 Å². The van der Waals surface area contributed by atoms with E-state index in [0.717, 1.165) is 97.7 Å². The summed E-state index contributed by atoms with van der Waals surface area (Å²) in [5.74, 6) is -0.628. The summed E-state index contributed by atoms with van der Waals surface area (Å²) < 4.78 is 2.11. The van der Waals surface area contributed by atoms with Crippen molar-refractivity contribution in [2.75, 3.05) is 36.4 Å². The molecule has 5 amide bonds. The van der Waals surface area contributed by atoms with Gasteiger partial charge in [0.2, 0.25) is 17.7 Å². The second-order valence-corrected chi connectivity index (χ2v) is 18.9. The van der Waals surface area contributed by atoms with Crippen molar-refractivity contribution in [1.29, 1.82) is 0 Å². The fraction of sp³-hybridized carbons (Fsp3) is 0.429. The largest absolute Gasteiger partial charge is 0.371 e. The first-order chi connectivity index (χ1) is 31.2. The van der Waals surface area contributed by atoms with Gasteiger partial charge in [0.1, 0.15) is 12.4 Å². The van der Waals surface area contributed by atoms with Crippen LogP contribution in [0.1, 0.15) is 108 Å². The number of carbonyl (C=O) groups is 5. The minimum Gasteiger partial charge on any atom is -0.371 e. The molecule has 1 atom stereocenters. The van der Waals surface area contributed by atoms with Gasteiger partial charge in [-0.15, -0.1) is 0 Å². The van der Waals surface area contributed by atoms with E-state index in [1.807, 2.05) is 48.8 Å². The third-order valence-corrected chi connectivity index (χ3v) is 15.1. The molecule has 15 heteroatoms. The molecule has 1 unspecified atom stereocenters. The Morgan fingerprint density at radius 1 is 0.797 bits per heavy atom. The van der Waals surface area contributed by atoms with E-state index in [2.05, 4.69) is 64.6 Å². The summed E-state index contributed by atoms with van der Waals surface area (Å²) in [7, 11) is 0. The minimum absolute atomic E-state index is 0.0490. The molecule has 5 fully saturated rings. The molecule has 3 saturated heterocycles. The van der Waals surface area contributed by atoms with Gasteiger partial charge in [0.15, 0.2) is 17.0 Å². The number of aromatic nitrogens is 4. The fourth-order valence-electron chi connectivity index (χ4n) is 11.4. The van der Waals surface area contributed by atoms with E-state index < -0.39 is 23.8 Å². The van der Waals surface area contributed by atoms with Crippen LogP contribution in [-0.2, 0) is 20.8 Å². The van der Waals surface area contributed by atoms with Crippen molar-refractivity contribution in [3.05, 3.63) is 108 Å². The molecule has 2 aromatic heterocycles. The number of nitrogens with one attached hydrogen (secondary N) is 3. The third kappa shape index (κ3) is 7.38. The number of hydrogen-bond donors (Lipinski definition) is 3. The highest BCUT2D eigenvalue weighted by Crippen LogP contribution is 2.52. The molecule has 2 saturated carbocycles. The standard InChI is InChI=1S/C49H52N10O5/c60-40-14-13-39(46(62)55-40)59-47(63)37-7-4-8-38(42(37)48(59)64)57-21-17-49(18-22-57)26-36(27-49)56-19-15-32(16-20-56)31-9-11-33(12-10-31)54-44-43-45(51-28-50-44)58(29-52-43)35-24-34(25-35)53-41(61)23-30-5-2-1-3-6-30/h1-12,28-29,32,34-36,39H,13-27H2,(H,53,61)(H,50,51,54)(H,55,60,62). The second-order valence-electron chi connectivity index (χ2n) is 18.9. The molecular weight excluding hydrogens is 809 g/mol. The van der Waals surface area contributed by atoms with E-state index in [1.165, 1.54) is 18.4 Å². The number of hydrogen-bond acceptors (Lipinski definition) is 11. The van der Waals surface area contributed by atoms with Gasteiger partial charge in [-0.05, 0) is 118 Å². The molecule has 3 aromatic carbocycles. The zero-order valence-corrected chi connectivity index (χ0v) is 35.7. The number of rotatable bonds is 10. The first-order valence-corrected chi connectivity index (χ1v) is 22.9. The van der Waals surface area contributed by atoms with Gasteiger partial charge in [0.05, 0.1) is 29.6 Å². The summed E-state index contributed by atoms with van der Waals surface area (Å²) in [5, 5.41) is 8.94. The maximum absolute atomic E-state index is 13.7. The van der Waals surface area contributed by atoms with Crippen LogP contribution in [0.25, 0.3) is 11.2 Å². The molecule has 2 aliphatic carbocycles. The van der Waals surface area contributed by atoms with Crippen LogP contribution in [0.2, 0.25) is 0 Å². The van der Waals surface area contributed by atoms with E-state index in [0.29, 0.717) is 40.7 Å². The van der Waals surface area contributed by atoms with E-state index in [9.17, 15) is 24.0 Å². The summed E-state index contributed by atoms with van der Waals surface area (Å²) in [4.78, 5) is 83.9. The number of imidazole rings is 1. The second kappa shape index (κ2) is 16.3. The Kier molecular flexibility index (Phi) is 10.2. The molecule has 11 rings (SSSR count). The molecule has 3 N–H and O–H groups in total. The van der Waals surface area contributed by atoms with Crippen LogP contribution in [0.5, 0.6) is 0 Å². The van der Waals surface area contributed by atoms with Gasteiger partial charge in [0, 0.05) is 43.3 Å². The zero-order valence-electron chi connectivity index (χ0n) is 35.7. The van der Waals surface area contributed by atoms with Crippen molar-refractivity contribution in [1.82, 2.24) is 40.0 Å². The summed E-state index contributed by atoms with van der Waals surface area (Å²) in [6.45, 7) is 3.83. The smallest absolute Gasteiger partial charge is 0.264 e. The number of nitrogens with zero attached hydrogens (tertiary/aromatic N) is 7. The summed E-state index contributed by atoms with van der Waals surface area (Å²) in [6, 6.07) is 24.0. The highest BCUT2D eigenvalue weighted by atomic mass is 16.2. The van der Waals surface area contributed by atoms with Crippen LogP contribution in [0, 0.1) is 5.41 Å². The maximum Gasteiger partial charge on any atom is 0.264 e. The predicted molar refractivity (Wildman–Crippen MR) is 239 cm³/mol. The van der Waals surface area contributed by atoms with Gasteiger partial charge in [-0.1, -0.05) is 48.5 Å². The van der Waals surface area contributed by atoms with Crippen LogP contribution in [0.3, 0.4) is 0 Å². The topological polar surface area (TPSA) is 175 Å². The highest BCUT2D eigenvalue weighted by molar-refractivity contribution is 6.25. The van der Waals surface area contributed by atoms with Crippen molar-refractivity contribution in [3.8, 4) is 0 Å². The first kappa shape index (κ1) is 40.3. The number of fused-ring (bicyclic) bond motifs is 2. The molecule has 6 aliphatic rings. The lowest BCUT2D eigenvalue weighted by atomic mass is 9.59. The fourth-order valence-corrected chi connectivity index (χ4v) is 11.4. The summed E-state index contributed by atoms with van der Waals surface area (Å²) in [5.41, 5.74) is 6.65. The van der Waals surface area contributed by atoms with Crippen molar-refractivity contribution < 1.29 is 24.0 Å². The number of imide groups is 2. The summed E-state index contributed by atoms with van der Waals surface area (Å²) >= 11 is 0. The molecular formula is C49H52N10O5. The third-order valence-electron chi connectivity index (χ3n) is 15.1. The van der Waals surface area contributed by atoms with E-state index in [-0.39, 0.29) is 36.7 Å². The molecule has 6 heterocycles. The molecule has 328 valence electrons. The summed E-state index contributed by atoms with van der Waals surface area (Å²) in [6.07, 6.45) is 12.5. The minimum atomic E-state index is -0.967. The number of carbonyl (C=O) groups excluding carboxylic acids is 5. The Hall–Kier alpha value is -6.48. The Bertz CT molecular complexity index is 2640. The highest BCUT2D eigenvalue weighted by Gasteiger charge is 2.50. The average molecular weight is 861 g/mol. The molecule has 64 heavy (non-hydrogen) atoms. The molecule has 1 spiro atoms. The lowest BCUT2D eigenvalue weighted by molar-refractivity contribution is -0.136. The molecule has 4 aliphatic heterocycles. The monoisotopic (exact) mass is 860 g/mol. The molecule has 0 radical (unpaired) electrons. The number of likely N-dealkylation sites (tertiary alicyclic amines) is 1. The van der Waals surface area contributed by atoms with Crippen molar-refractivity contribution in [3.63, 3.8) is 0 Å². The lowest BCUT2D eigenvalue weighted by Crippen LogP contribution is -2.56. The van der Waals surface area contributed by atoms with Crippen LogP contribution in [-0.4, -0.2) is 103 Å². The zero-order chi connectivity index (χ0) is 43.5. The first-order valence-electron chi connectivity index (χ1n) is 22.9. The number of anilines is 3. The Labute approximate surface area is 371 Å².